The largest absolute Gasteiger partial charge is 0.477 e. The van der Waals surface area contributed by atoms with Crippen molar-refractivity contribution in [3.63, 3.8) is 0 Å². The molecule has 1 aliphatic rings. The Morgan fingerprint density at radius 3 is 2.88 bits per heavy atom. The molecule has 1 aliphatic carbocycles. The van der Waals surface area contributed by atoms with Gasteiger partial charge in [-0.05, 0) is 12.8 Å². The van der Waals surface area contributed by atoms with Crippen LogP contribution in [0.4, 0.5) is 0 Å². The lowest BCUT2D eigenvalue weighted by Gasteiger charge is -1.96. The molecule has 2 aromatic rings. The van der Waals surface area contributed by atoms with Gasteiger partial charge in [0.1, 0.15) is 5.15 Å². The molecule has 0 unspecified atom stereocenters. The summed E-state index contributed by atoms with van der Waals surface area (Å²) in [5, 5.41) is 13.2. The molecule has 2 aromatic heterocycles. The third-order valence-electron chi connectivity index (χ3n) is 2.45. The molecule has 1 N–H and O–H groups in total. The Labute approximate surface area is 94.9 Å². The highest BCUT2D eigenvalue weighted by Gasteiger charge is 2.28. The highest BCUT2D eigenvalue weighted by Crippen LogP contribution is 2.38. The number of aromatic carboxylic acids is 1. The Balaban J connectivity index is 2.21. The standard InChI is InChI=1S/C9H7ClN4O2/c10-6-3-5(8(15)16)11-9-12-7(4-1-2-4)13-14(6)9/h3-4H,1-2H2,(H,15,16). The Morgan fingerprint density at radius 2 is 2.25 bits per heavy atom. The summed E-state index contributed by atoms with van der Waals surface area (Å²) in [5.41, 5.74) is -0.118. The lowest BCUT2D eigenvalue weighted by atomic mass is 10.4. The Hall–Kier alpha value is -1.69. The number of hydrogen-bond acceptors (Lipinski definition) is 4. The minimum atomic E-state index is -1.12. The molecule has 82 valence electrons. The molecule has 7 heteroatoms. The number of fused-ring (bicyclic) bond motifs is 1. The number of halogens is 1. The molecule has 0 aliphatic heterocycles. The van der Waals surface area contributed by atoms with Gasteiger partial charge < -0.3 is 5.11 Å². The average molecular weight is 239 g/mol. The minimum Gasteiger partial charge on any atom is -0.477 e. The van der Waals surface area contributed by atoms with E-state index in [1.807, 2.05) is 0 Å². The van der Waals surface area contributed by atoms with E-state index in [4.69, 9.17) is 16.7 Å². The van der Waals surface area contributed by atoms with E-state index in [0.29, 0.717) is 11.7 Å². The maximum atomic E-state index is 10.8. The molecule has 1 fully saturated rings. The average Bonchev–Trinajstić information content (AvgIpc) is 2.98. The lowest BCUT2D eigenvalue weighted by molar-refractivity contribution is 0.0690. The predicted octanol–water partition coefficient (Wildman–Crippen LogP) is 1.35. The van der Waals surface area contributed by atoms with Crippen molar-refractivity contribution < 1.29 is 9.90 Å². The summed E-state index contributed by atoms with van der Waals surface area (Å²) in [7, 11) is 0. The summed E-state index contributed by atoms with van der Waals surface area (Å²) >= 11 is 5.90. The van der Waals surface area contributed by atoms with Gasteiger partial charge in [0, 0.05) is 12.0 Å². The van der Waals surface area contributed by atoms with Crippen LogP contribution in [0.15, 0.2) is 6.07 Å². The van der Waals surface area contributed by atoms with E-state index < -0.39 is 5.97 Å². The second-order valence-corrected chi connectivity index (χ2v) is 4.11. The minimum absolute atomic E-state index is 0.118. The Morgan fingerprint density at radius 1 is 1.50 bits per heavy atom. The van der Waals surface area contributed by atoms with E-state index >= 15 is 0 Å². The van der Waals surface area contributed by atoms with Crippen LogP contribution >= 0.6 is 11.6 Å². The molecule has 3 rings (SSSR count). The quantitative estimate of drug-likeness (QED) is 0.799. The van der Waals surface area contributed by atoms with Crippen molar-refractivity contribution in [1.29, 1.82) is 0 Å². The topological polar surface area (TPSA) is 80.4 Å². The van der Waals surface area contributed by atoms with Gasteiger partial charge in [-0.1, -0.05) is 11.6 Å². The van der Waals surface area contributed by atoms with Gasteiger partial charge in [-0.3, -0.25) is 0 Å². The van der Waals surface area contributed by atoms with Crippen LogP contribution in [0.2, 0.25) is 5.15 Å². The SMILES string of the molecule is O=C(O)c1cc(Cl)n2nc(C3CC3)nc2n1. The molecule has 0 atom stereocenters. The van der Waals surface area contributed by atoms with Crippen molar-refractivity contribution in [2.45, 2.75) is 18.8 Å². The molecule has 0 amide bonds. The molecular formula is C9H7ClN4O2. The molecule has 2 heterocycles. The fourth-order valence-electron chi connectivity index (χ4n) is 1.47. The number of carboxylic acids is 1. The third kappa shape index (κ3) is 1.42. The maximum Gasteiger partial charge on any atom is 0.354 e. The number of nitrogens with zero attached hydrogens (tertiary/aromatic N) is 4. The van der Waals surface area contributed by atoms with Crippen LogP contribution in [0, 0.1) is 0 Å². The smallest absolute Gasteiger partial charge is 0.354 e. The van der Waals surface area contributed by atoms with Gasteiger partial charge >= 0.3 is 5.97 Å². The number of aromatic nitrogens is 4. The van der Waals surface area contributed by atoms with Crippen LogP contribution in [0.25, 0.3) is 5.78 Å². The van der Waals surface area contributed by atoms with Crippen LogP contribution in [-0.4, -0.2) is 30.7 Å². The lowest BCUT2D eigenvalue weighted by Crippen LogP contribution is -2.03. The second-order valence-electron chi connectivity index (χ2n) is 3.73. The summed E-state index contributed by atoms with van der Waals surface area (Å²) in [5.74, 6) is 0.190. The molecule has 0 saturated heterocycles. The first-order chi connectivity index (χ1) is 7.65. The van der Waals surface area contributed by atoms with E-state index in [9.17, 15) is 4.79 Å². The Kier molecular flexibility index (Phi) is 1.88. The molecular weight excluding hydrogens is 232 g/mol. The second kappa shape index (κ2) is 3.15. The number of hydrogen-bond donors (Lipinski definition) is 1. The highest BCUT2D eigenvalue weighted by atomic mass is 35.5. The number of rotatable bonds is 2. The van der Waals surface area contributed by atoms with E-state index in [-0.39, 0.29) is 16.6 Å². The summed E-state index contributed by atoms with van der Waals surface area (Å²) in [6.07, 6.45) is 2.14. The summed E-state index contributed by atoms with van der Waals surface area (Å²) in [6, 6.07) is 1.27. The van der Waals surface area contributed by atoms with Crippen LogP contribution in [-0.2, 0) is 0 Å². The van der Waals surface area contributed by atoms with Crippen molar-refractivity contribution in [1.82, 2.24) is 19.6 Å². The normalized spacial score (nSPS) is 15.6. The first kappa shape index (κ1) is 9.53. The van der Waals surface area contributed by atoms with Gasteiger partial charge in [-0.15, -0.1) is 5.10 Å². The molecule has 16 heavy (non-hydrogen) atoms. The fourth-order valence-corrected chi connectivity index (χ4v) is 1.69. The van der Waals surface area contributed by atoms with Gasteiger partial charge in [0.2, 0.25) is 0 Å². The van der Waals surface area contributed by atoms with Crippen LogP contribution in [0.1, 0.15) is 35.1 Å². The molecule has 0 radical (unpaired) electrons. The first-order valence-corrected chi connectivity index (χ1v) is 5.19. The van der Waals surface area contributed by atoms with Crippen molar-refractivity contribution in [2.75, 3.05) is 0 Å². The predicted molar refractivity (Wildman–Crippen MR) is 54.7 cm³/mol. The van der Waals surface area contributed by atoms with Gasteiger partial charge in [0.05, 0.1) is 0 Å². The van der Waals surface area contributed by atoms with Crippen molar-refractivity contribution in [3.8, 4) is 0 Å². The van der Waals surface area contributed by atoms with Gasteiger partial charge in [-0.2, -0.15) is 9.50 Å². The molecule has 0 spiro atoms. The van der Waals surface area contributed by atoms with Gasteiger partial charge in [-0.25, -0.2) is 9.78 Å². The van der Waals surface area contributed by atoms with Crippen LogP contribution in [0.5, 0.6) is 0 Å². The zero-order valence-electron chi connectivity index (χ0n) is 8.09. The molecule has 6 nitrogen and oxygen atoms in total. The fraction of sp³-hybridized carbons (Fsp3) is 0.333. The van der Waals surface area contributed by atoms with Crippen molar-refractivity contribution in [2.24, 2.45) is 0 Å². The maximum absolute atomic E-state index is 10.8. The van der Waals surface area contributed by atoms with Crippen LogP contribution in [0.3, 0.4) is 0 Å². The monoisotopic (exact) mass is 238 g/mol. The van der Waals surface area contributed by atoms with E-state index in [1.165, 1.54) is 10.6 Å². The summed E-state index contributed by atoms with van der Waals surface area (Å²) in [6.45, 7) is 0. The zero-order chi connectivity index (χ0) is 11.3. The summed E-state index contributed by atoms with van der Waals surface area (Å²) < 4.78 is 1.36. The number of carbonyl (C=O) groups is 1. The summed E-state index contributed by atoms with van der Waals surface area (Å²) in [4.78, 5) is 18.8. The van der Waals surface area contributed by atoms with Gasteiger partial charge in [0.25, 0.3) is 5.78 Å². The van der Waals surface area contributed by atoms with E-state index in [1.54, 1.807) is 0 Å². The first-order valence-electron chi connectivity index (χ1n) is 4.81. The van der Waals surface area contributed by atoms with E-state index in [0.717, 1.165) is 12.8 Å². The van der Waals surface area contributed by atoms with Crippen molar-refractivity contribution in [3.05, 3.63) is 22.7 Å². The highest BCUT2D eigenvalue weighted by molar-refractivity contribution is 6.30. The van der Waals surface area contributed by atoms with Crippen molar-refractivity contribution >= 4 is 23.3 Å². The van der Waals surface area contributed by atoms with Gasteiger partial charge in [0.15, 0.2) is 11.5 Å². The molecule has 0 bridgehead atoms. The molecule has 1 saturated carbocycles. The van der Waals surface area contributed by atoms with Crippen LogP contribution < -0.4 is 0 Å². The number of carboxylic acid groups (broad SMARTS) is 1. The Bertz CT molecular complexity index is 590. The third-order valence-corrected chi connectivity index (χ3v) is 2.72. The van der Waals surface area contributed by atoms with E-state index in [2.05, 4.69) is 15.1 Å². The molecule has 0 aromatic carbocycles. The zero-order valence-corrected chi connectivity index (χ0v) is 8.85.